The zero-order valence-corrected chi connectivity index (χ0v) is 9.34. The molecule has 0 unspecified atom stereocenters. The molecular formula is C9H17ClN2O2. The van der Waals surface area contributed by atoms with E-state index in [4.69, 9.17) is 4.74 Å². The number of rotatable bonds is 1. The van der Waals surface area contributed by atoms with Crippen molar-refractivity contribution < 1.29 is 9.53 Å². The van der Waals surface area contributed by atoms with Gasteiger partial charge in [-0.15, -0.1) is 12.4 Å². The number of hydrogen-bond donors (Lipinski definition) is 1. The highest BCUT2D eigenvalue weighted by atomic mass is 35.5. The fourth-order valence-corrected chi connectivity index (χ4v) is 2.05. The maximum absolute atomic E-state index is 11.5. The number of nitrogens with zero attached hydrogens (tertiary/aromatic N) is 1. The van der Waals surface area contributed by atoms with Crippen LogP contribution in [-0.4, -0.2) is 42.3 Å². The van der Waals surface area contributed by atoms with Crippen molar-refractivity contribution in [1.29, 1.82) is 0 Å². The van der Waals surface area contributed by atoms with E-state index in [1.54, 1.807) is 0 Å². The van der Waals surface area contributed by atoms with Gasteiger partial charge < -0.3 is 15.0 Å². The van der Waals surface area contributed by atoms with Crippen molar-refractivity contribution in [1.82, 2.24) is 10.2 Å². The molecule has 0 radical (unpaired) electrons. The Morgan fingerprint density at radius 3 is 2.71 bits per heavy atom. The number of fused-ring (bicyclic) bond motifs is 2. The largest absolute Gasteiger partial charge is 0.447 e. The number of amides is 1. The van der Waals surface area contributed by atoms with E-state index in [0.717, 1.165) is 19.5 Å². The van der Waals surface area contributed by atoms with Crippen LogP contribution in [0.2, 0.25) is 0 Å². The van der Waals surface area contributed by atoms with Gasteiger partial charge in [-0.05, 0) is 20.3 Å². The smallest absolute Gasteiger partial charge is 0.410 e. The molecule has 2 saturated heterocycles. The van der Waals surface area contributed by atoms with Gasteiger partial charge in [-0.1, -0.05) is 0 Å². The van der Waals surface area contributed by atoms with Gasteiger partial charge >= 0.3 is 6.09 Å². The second-order valence-corrected chi connectivity index (χ2v) is 4.08. The number of halogens is 1. The summed E-state index contributed by atoms with van der Waals surface area (Å²) in [6.45, 7) is 5.50. The molecular weight excluding hydrogens is 204 g/mol. The number of likely N-dealkylation sites (tertiary alicyclic amines) is 1. The standard InChI is InChI=1S/C9H16N2O2.ClH/c1-6(2)13-9(12)11-5-7-3-8(11)4-10-7;/h6-8,10H,3-5H2,1-2H3;1H/t7-,8-;/m0./s1. The second-order valence-electron chi connectivity index (χ2n) is 4.08. The zero-order chi connectivity index (χ0) is 9.42. The van der Waals surface area contributed by atoms with Crippen LogP contribution in [-0.2, 0) is 4.74 Å². The van der Waals surface area contributed by atoms with E-state index in [9.17, 15) is 4.79 Å². The van der Waals surface area contributed by atoms with Crippen molar-refractivity contribution in [3.05, 3.63) is 0 Å². The summed E-state index contributed by atoms with van der Waals surface area (Å²) in [5.74, 6) is 0. The highest BCUT2D eigenvalue weighted by Gasteiger charge is 2.40. The summed E-state index contributed by atoms with van der Waals surface area (Å²) in [5, 5.41) is 3.34. The van der Waals surface area contributed by atoms with Gasteiger partial charge in [-0.25, -0.2) is 4.79 Å². The highest BCUT2D eigenvalue weighted by Crippen LogP contribution is 2.23. The Balaban J connectivity index is 0.000000980. The summed E-state index contributed by atoms with van der Waals surface area (Å²) in [5.41, 5.74) is 0. The monoisotopic (exact) mass is 220 g/mol. The van der Waals surface area contributed by atoms with Crippen LogP contribution in [0.1, 0.15) is 20.3 Å². The number of carbonyl (C=O) groups is 1. The highest BCUT2D eigenvalue weighted by molar-refractivity contribution is 5.85. The van der Waals surface area contributed by atoms with Crippen LogP contribution in [0.3, 0.4) is 0 Å². The fourth-order valence-electron chi connectivity index (χ4n) is 2.05. The quantitative estimate of drug-likeness (QED) is 0.717. The van der Waals surface area contributed by atoms with Crippen molar-refractivity contribution in [2.24, 2.45) is 0 Å². The third-order valence-electron chi connectivity index (χ3n) is 2.63. The molecule has 2 bridgehead atoms. The Morgan fingerprint density at radius 1 is 1.57 bits per heavy atom. The molecule has 5 heteroatoms. The third kappa shape index (κ3) is 2.12. The first-order valence-corrected chi connectivity index (χ1v) is 4.87. The minimum Gasteiger partial charge on any atom is -0.447 e. The molecule has 82 valence electrons. The Kier molecular flexibility index (Phi) is 3.61. The molecule has 14 heavy (non-hydrogen) atoms. The summed E-state index contributed by atoms with van der Waals surface area (Å²) >= 11 is 0. The first kappa shape index (κ1) is 11.6. The van der Waals surface area contributed by atoms with Crippen LogP contribution in [0.15, 0.2) is 0 Å². The predicted molar refractivity (Wildman–Crippen MR) is 55.8 cm³/mol. The minimum absolute atomic E-state index is 0. The molecule has 2 heterocycles. The lowest BCUT2D eigenvalue weighted by atomic mass is 10.2. The normalized spacial score (nSPS) is 29.2. The van der Waals surface area contributed by atoms with Gasteiger partial charge in [0.15, 0.2) is 0 Å². The van der Waals surface area contributed by atoms with Gasteiger partial charge in [0, 0.05) is 25.2 Å². The Hall–Kier alpha value is -0.480. The van der Waals surface area contributed by atoms with Crippen LogP contribution < -0.4 is 5.32 Å². The van der Waals surface area contributed by atoms with E-state index in [-0.39, 0.29) is 24.6 Å². The van der Waals surface area contributed by atoms with E-state index in [0.29, 0.717) is 12.1 Å². The van der Waals surface area contributed by atoms with Gasteiger partial charge in [0.05, 0.1) is 6.10 Å². The van der Waals surface area contributed by atoms with Crippen molar-refractivity contribution in [3.8, 4) is 0 Å². The molecule has 2 fully saturated rings. The molecule has 4 nitrogen and oxygen atoms in total. The summed E-state index contributed by atoms with van der Waals surface area (Å²) in [6, 6.07) is 0.876. The molecule has 2 aliphatic heterocycles. The first-order chi connectivity index (χ1) is 6.16. The van der Waals surface area contributed by atoms with Gasteiger partial charge in [0.2, 0.25) is 0 Å². The van der Waals surface area contributed by atoms with E-state index in [1.165, 1.54) is 0 Å². The SMILES string of the molecule is CC(C)OC(=O)N1C[C@@H]2C[C@H]1CN2.Cl. The predicted octanol–water partition coefficient (Wildman–Crippen LogP) is 0.999. The van der Waals surface area contributed by atoms with E-state index in [1.807, 2.05) is 18.7 Å². The summed E-state index contributed by atoms with van der Waals surface area (Å²) in [6.07, 6.45) is 0.927. The molecule has 0 aromatic heterocycles. The lowest BCUT2D eigenvalue weighted by Crippen LogP contribution is -2.47. The lowest BCUT2D eigenvalue weighted by Gasteiger charge is -2.27. The number of ether oxygens (including phenoxy) is 1. The second kappa shape index (κ2) is 4.36. The number of nitrogens with one attached hydrogen (secondary N) is 1. The topological polar surface area (TPSA) is 41.6 Å². The van der Waals surface area contributed by atoms with Gasteiger partial charge in [0.1, 0.15) is 0 Å². The summed E-state index contributed by atoms with van der Waals surface area (Å²) in [4.78, 5) is 13.4. The van der Waals surface area contributed by atoms with Gasteiger partial charge in [0.25, 0.3) is 0 Å². The molecule has 0 aromatic rings. The van der Waals surface area contributed by atoms with Crippen LogP contribution >= 0.6 is 12.4 Å². The van der Waals surface area contributed by atoms with Crippen LogP contribution in [0.5, 0.6) is 0 Å². The fraction of sp³-hybridized carbons (Fsp3) is 0.889. The maximum atomic E-state index is 11.5. The average Bonchev–Trinajstić information content (AvgIpc) is 2.62. The van der Waals surface area contributed by atoms with Crippen molar-refractivity contribution in [3.63, 3.8) is 0 Å². The third-order valence-corrected chi connectivity index (χ3v) is 2.63. The molecule has 2 atom stereocenters. The van der Waals surface area contributed by atoms with Crippen molar-refractivity contribution in [2.75, 3.05) is 13.1 Å². The van der Waals surface area contributed by atoms with Crippen LogP contribution in [0.4, 0.5) is 4.79 Å². The molecule has 0 spiro atoms. The molecule has 1 N–H and O–H groups in total. The van der Waals surface area contributed by atoms with Gasteiger partial charge in [-0.3, -0.25) is 0 Å². The summed E-state index contributed by atoms with van der Waals surface area (Å²) < 4.78 is 5.15. The molecule has 0 aliphatic carbocycles. The van der Waals surface area contributed by atoms with E-state index >= 15 is 0 Å². The van der Waals surface area contributed by atoms with Crippen LogP contribution in [0, 0.1) is 0 Å². The Morgan fingerprint density at radius 2 is 2.29 bits per heavy atom. The molecule has 0 saturated carbocycles. The van der Waals surface area contributed by atoms with E-state index < -0.39 is 0 Å². The van der Waals surface area contributed by atoms with E-state index in [2.05, 4.69) is 5.32 Å². The average molecular weight is 221 g/mol. The summed E-state index contributed by atoms with van der Waals surface area (Å²) in [7, 11) is 0. The molecule has 2 rings (SSSR count). The van der Waals surface area contributed by atoms with Gasteiger partial charge in [-0.2, -0.15) is 0 Å². The molecule has 1 amide bonds. The number of carbonyl (C=O) groups excluding carboxylic acids is 1. The first-order valence-electron chi connectivity index (χ1n) is 4.87. The van der Waals surface area contributed by atoms with Crippen molar-refractivity contribution in [2.45, 2.75) is 38.5 Å². The number of hydrogen-bond acceptors (Lipinski definition) is 3. The van der Waals surface area contributed by atoms with Crippen molar-refractivity contribution >= 4 is 18.5 Å². The Bertz CT molecular complexity index is 223. The maximum Gasteiger partial charge on any atom is 0.410 e. The number of piperazine rings is 1. The zero-order valence-electron chi connectivity index (χ0n) is 8.53. The Labute approximate surface area is 90.4 Å². The molecule has 2 aliphatic rings. The van der Waals surface area contributed by atoms with Crippen LogP contribution in [0.25, 0.3) is 0 Å². The minimum atomic E-state index is -0.149. The molecule has 0 aromatic carbocycles. The lowest BCUT2D eigenvalue weighted by molar-refractivity contribution is 0.0697.